The molecule has 28 heavy (non-hydrogen) atoms. The zero-order chi connectivity index (χ0) is 21.0. The van der Waals surface area contributed by atoms with E-state index in [-0.39, 0.29) is 31.9 Å². The predicted molar refractivity (Wildman–Crippen MR) is 115 cm³/mol. The summed E-state index contributed by atoms with van der Waals surface area (Å²) in [6, 6.07) is 6.02. The van der Waals surface area contributed by atoms with Gasteiger partial charge in [-0.1, -0.05) is 15.9 Å². The Hall–Kier alpha value is -1.31. The highest BCUT2D eigenvalue weighted by Gasteiger charge is 2.35. The molecule has 10 heteroatoms. The molecule has 0 aliphatic carbocycles. The monoisotopic (exact) mass is 496 g/mol. The molecule has 158 valence electrons. The van der Waals surface area contributed by atoms with Gasteiger partial charge in [0.25, 0.3) is 0 Å². The molecule has 0 aliphatic heterocycles. The molecule has 1 rings (SSSR count). The van der Waals surface area contributed by atoms with Crippen molar-refractivity contribution in [1.82, 2.24) is 5.32 Å². The second-order valence-corrected chi connectivity index (χ2v) is 10.7. The van der Waals surface area contributed by atoms with Crippen molar-refractivity contribution in [3.05, 3.63) is 34.1 Å². The number of ether oxygens (including phenoxy) is 1. The van der Waals surface area contributed by atoms with Crippen molar-refractivity contribution in [2.45, 2.75) is 56.9 Å². The number of nitriles is 1. The lowest BCUT2D eigenvalue weighted by atomic mass is 9.86. The van der Waals surface area contributed by atoms with E-state index in [2.05, 4.69) is 21.2 Å². The van der Waals surface area contributed by atoms with Gasteiger partial charge in [0.1, 0.15) is 16.7 Å². The zero-order valence-corrected chi connectivity index (χ0v) is 19.9. The highest BCUT2D eigenvalue weighted by molar-refractivity contribution is 9.10. The first-order chi connectivity index (χ1) is 12.2. The van der Waals surface area contributed by atoms with Crippen LogP contribution in [0.4, 0.5) is 9.18 Å². The molecule has 0 saturated carbocycles. The molecule has 1 amide bonds. The van der Waals surface area contributed by atoms with Crippen LogP contribution in [0.25, 0.3) is 0 Å². The Morgan fingerprint density at radius 3 is 2.39 bits per heavy atom. The third-order valence-corrected chi connectivity index (χ3v) is 5.74. The number of benzene rings is 1. The van der Waals surface area contributed by atoms with Gasteiger partial charge >= 0.3 is 6.09 Å². The molecule has 1 unspecified atom stereocenters. The molecule has 0 bridgehead atoms. The van der Waals surface area contributed by atoms with Gasteiger partial charge in [0.15, 0.2) is 9.84 Å². The van der Waals surface area contributed by atoms with Gasteiger partial charge in [0, 0.05) is 16.3 Å². The van der Waals surface area contributed by atoms with Crippen molar-refractivity contribution < 1.29 is 22.3 Å². The van der Waals surface area contributed by atoms with Crippen molar-refractivity contribution >= 4 is 45.4 Å². The Balaban J connectivity index is 0.00000729. The fourth-order valence-corrected chi connectivity index (χ4v) is 3.61. The fraction of sp³-hybridized carbons (Fsp3) is 0.556. The van der Waals surface area contributed by atoms with Crippen molar-refractivity contribution in [1.29, 1.82) is 5.26 Å². The van der Waals surface area contributed by atoms with Crippen LogP contribution in [0.1, 0.15) is 46.1 Å². The minimum Gasteiger partial charge on any atom is -0.444 e. The van der Waals surface area contributed by atoms with Gasteiger partial charge in [-0.05, 0) is 58.7 Å². The summed E-state index contributed by atoms with van der Waals surface area (Å²) in [4.78, 5) is 12.3. The number of rotatable bonds is 6. The van der Waals surface area contributed by atoms with Crippen LogP contribution >= 0.6 is 29.4 Å². The molecule has 0 aliphatic rings. The Labute approximate surface area is 181 Å². The topological polar surface area (TPSA) is 96.3 Å². The van der Waals surface area contributed by atoms with Gasteiger partial charge in [-0.25, -0.2) is 17.6 Å². The van der Waals surface area contributed by atoms with E-state index in [0.717, 1.165) is 6.26 Å². The minimum absolute atomic E-state index is 0. The number of hydrogen-bond acceptors (Lipinski definition) is 5. The summed E-state index contributed by atoms with van der Waals surface area (Å²) in [5.74, 6) is -0.565. The summed E-state index contributed by atoms with van der Waals surface area (Å²) in [7, 11) is -3.60. The average Bonchev–Trinajstić information content (AvgIpc) is 2.46. The molecule has 0 saturated heterocycles. The van der Waals surface area contributed by atoms with Gasteiger partial charge in [-0.15, -0.1) is 0 Å². The Morgan fingerprint density at radius 2 is 1.93 bits per heavy atom. The van der Waals surface area contributed by atoms with Crippen molar-refractivity contribution in [2.75, 3.05) is 6.26 Å². The number of alkyl carbamates (subject to hydrolysis) is 1. The standard InChI is InChI=1S/C18H24BrFN2O4S.H2S/c1-17(2,3)26-16(23)22-18(4,9-8-13(11-21)27(5,24)25)14-10-12(19)6-7-15(14)20;/h6-7,10,13H,8-9H2,1-5H3,(H,22,23);1H2/t13?,18-;/m0./s1. The van der Waals surface area contributed by atoms with Crippen LogP contribution < -0.4 is 5.32 Å². The van der Waals surface area contributed by atoms with Gasteiger partial charge in [0.05, 0.1) is 11.6 Å². The summed E-state index contributed by atoms with van der Waals surface area (Å²) in [6.07, 6.45) is 0.148. The van der Waals surface area contributed by atoms with E-state index in [9.17, 15) is 17.6 Å². The molecule has 0 aromatic heterocycles. The number of hydrogen-bond donors (Lipinski definition) is 1. The van der Waals surface area contributed by atoms with Crippen LogP contribution in [-0.2, 0) is 20.1 Å². The lowest BCUT2D eigenvalue weighted by Crippen LogP contribution is -2.47. The summed E-state index contributed by atoms with van der Waals surface area (Å²) < 4.78 is 43.8. The molecule has 0 radical (unpaired) electrons. The molecular formula is C18H26BrFN2O4S2. The number of nitrogens with one attached hydrogen (secondary N) is 1. The second kappa shape index (κ2) is 9.94. The first kappa shape index (κ1) is 26.7. The van der Waals surface area contributed by atoms with Crippen molar-refractivity contribution in [3.63, 3.8) is 0 Å². The van der Waals surface area contributed by atoms with E-state index in [1.165, 1.54) is 18.2 Å². The van der Waals surface area contributed by atoms with E-state index in [0.29, 0.717) is 4.47 Å². The quantitative estimate of drug-likeness (QED) is 0.637. The normalized spacial score (nSPS) is 14.8. The van der Waals surface area contributed by atoms with Crippen molar-refractivity contribution in [3.8, 4) is 6.07 Å². The van der Waals surface area contributed by atoms with Gasteiger partial charge in [0.2, 0.25) is 0 Å². The molecule has 2 atom stereocenters. The molecule has 1 aromatic carbocycles. The Kier molecular flexibility index (Phi) is 9.48. The maximum atomic E-state index is 14.5. The van der Waals surface area contributed by atoms with E-state index in [4.69, 9.17) is 10.00 Å². The number of nitrogens with zero attached hydrogens (tertiary/aromatic N) is 1. The molecule has 1 aromatic rings. The number of carbonyl (C=O) groups excluding carboxylic acids is 1. The summed E-state index contributed by atoms with van der Waals surface area (Å²) in [6.45, 7) is 6.65. The molecule has 0 heterocycles. The highest BCUT2D eigenvalue weighted by Crippen LogP contribution is 2.32. The molecule has 0 spiro atoms. The van der Waals surface area contributed by atoms with E-state index >= 15 is 0 Å². The largest absolute Gasteiger partial charge is 0.444 e. The van der Waals surface area contributed by atoms with E-state index in [1.807, 2.05) is 0 Å². The van der Waals surface area contributed by atoms with Gasteiger partial charge in [-0.3, -0.25) is 0 Å². The van der Waals surface area contributed by atoms with Gasteiger partial charge in [-0.2, -0.15) is 18.8 Å². The van der Waals surface area contributed by atoms with Crippen molar-refractivity contribution in [2.24, 2.45) is 0 Å². The average molecular weight is 497 g/mol. The lowest BCUT2D eigenvalue weighted by molar-refractivity contribution is 0.0453. The van der Waals surface area contributed by atoms with Crippen LogP contribution in [0.5, 0.6) is 0 Å². The number of sulfone groups is 1. The number of halogens is 2. The van der Waals surface area contributed by atoms with Crippen LogP contribution in [0.15, 0.2) is 22.7 Å². The Morgan fingerprint density at radius 1 is 1.36 bits per heavy atom. The predicted octanol–water partition coefficient (Wildman–Crippen LogP) is 4.16. The Bertz CT molecular complexity index is 850. The molecular weight excluding hydrogens is 471 g/mol. The maximum absolute atomic E-state index is 14.5. The van der Waals surface area contributed by atoms with Crippen LogP contribution in [0.3, 0.4) is 0 Å². The molecule has 0 fully saturated rings. The third-order valence-electron chi connectivity index (χ3n) is 3.87. The van der Waals surface area contributed by atoms with Gasteiger partial charge < -0.3 is 10.1 Å². The van der Waals surface area contributed by atoms with E-state index in [1.54, 1.807) is 33.8 Å². The van der Waals surface area contributed by atoms with E-state index < -0.39 is 38.1 Å². The first-order valence-electron chi connectivity index (χ1n) is 8.23. The maximum Gasteiger partial charge on any atom is 0.408 e. The number of carbonyl (C=O) groups is 1. The molecule has 1 N–H and O–H groups in total. The first-order valence-corrected chi connectivity index (χ1v) is 11.0. The lowest BCUT2D eigenvalue weighted by Gasteiger charge is -2.33. The third kappa shape index (κ3) is 7.97. The van der Waals surface area contributed by atoms with Crippen LogP contribution in [0, 0.1) is 17.1 Å². The summed E-state index contributed by atoms with van der Waals surface area (Å²) in [5, 5.41) is 10.5. The minimum atomic E-state index is -3.60. The smallest absolute Gasteiger partial charge is 0.408 e. The SMILES string of the molecule is CC(C)(C)OC(=O)N[C@@](C)(CCC(C#N)S(C)(=O)=O)c1cc(Br)ccc1F.S. The van der Waals surface area contributed by atoms with Crippen LogP contribution in [-0.4, -0.2) is 31.6 Å². The summed E-state index contributed by atoms with van der Waals surface area (Å²) in [5.41, 5.74) is -1.88. The van der Waals surface area contributed by atoms with Crippen LogP contribution in [0.2, 0.25) is 0 Å². The number of amides is 1. The second-order valence-electron chi connectivity index (χ2n) is 7.57. The zero-order valence-electron chi connectivity index (χ0n) is 16.5. The fourth-order valence-electron chi connectivity index (χ4n) is 2.51. The molecule has 6 nitrogen and oxygen atoms in total. The highest BCUT2D eigenvalue weighted by atomic mass is 79.9. The summed E-state index contributed by atoms with van der Waals surface area (Å²) >= 11 is 3.27.